The molecule has 1 aliphatic rings. The van der Waals surface area contributed by atoms with Gasteiger partial charge in [0, 0.05) is 0 Å². The van der Waals surface area contributed by atoms with Gasteiger partial charge in [0.05, 0.1) is 31.0 Å². The first-order valence-corrected chi connectivity index (χ1v) is 21.9. The van der Waals surface area contributed by atoms with Gasteiger partial charge in [0.15, 0.2) is 6.29 Å². The molecule has 0 aromatic rings. The van der Waals surface area contributed by atoms with Crippen LogP contribution in [0.2, 0.25) is 0 Å². The first-order valence-electron chi connectivity index (χ1n) is 21.9. The minimum absolute atomic E-state index is 0.287. The molecule has 1 amide bonds. The molecule has 0 bridgehead atoms. The number of rotatable bonds is 35. The highest BCUT2D eigenvalue weighted by molar-refractivity contribution is 5.80. The van der Waals surface area contributed by atoms with E-state index in [0.29, 0.717) is 25.7 Å². The number of carbonyl (C=O) groups is 1. The van der Waals surface area contributed by atoms with Crippen molar-refractivity contribution in [2.45, 2.75) is 242 Å². The Bertz CT molecular complexity index is 919. The molecule has 0 aromatic heterocycles. The van der Waals surface area contributed by atoms with Gasteiger partial charge in [-0.3, -0.25) is 4.79 Å². The van der Waals surface area contributed by atoms with Crippen LogP contribution in [0.5, 0.6) is 0 Å². The summed E-state index contributed by atoms with van der Waals surface area (Å²) >= 11 is 0. The Morgan fingerprint density at radius 1 is 0.722 bits per heavy atom. The van der Waals surface area contributed by atoms with Crippen molar-refractivity contribution in [2.75, 3.05) is 13.2 Å². The zero-order chi connectivity index (χ0) is 40.0. The highest BCUT2D eigenvalue weighted by atomic mass is 16.7. The molecule has 0 saturated carbocycles. The lowest BCUT2D eigenvalue weighted by Gasteiger charge is -2.40. The second-order valence-corrected chi connectivity index (χ2v) is 16.2. The third kappa shape index (κ3) is 23.8. The molecule has 1 rings (SSSR count). The largest absolute Gasteiger partial charge is 0.394 e. The normalized spacial score (nSPS) is 23.3. The number of allylic oxidation sites excluding steroid dienone is 1. The average molecular weight is 774 g/mol. The number of ether oxygens (including phenoxy) is 2. The van der Waals surface area contributed by atoms with Gasteiger partial charge in [0.25, 0.3) is 0 Å². The molecule has 11 heteroatoms. The van der Waals surface area contributed by atoms with Crippen molar-refractivity contribution in [1.82, 2.24) is 5.32 Å². The van der Waals surface area contributed by atoms with E-state index < -0.39 is 67.1 Å². The van der Waals surface area contributed by atoms with Crippen LogP contribution in [0.1, 0.15) is 188 Å². The molecule has 0 spiro atoms. The van der Waals surface area contributed by atoms with Gasteiger partial charge in [-0.1, -0.05) is 161 Å². The van der Waals surface area contributed by atoms with Gasteiger partial charge in [-0.25, -0.2) is 0 Å². The van der Waals surface area contributed by atoms with Gasteiger partial charge in [-0.05, 0) is 39.0 Å². The predicted molar refractivity (Wildman–Crippen MR) is 215 cm³/mol. The van der Waals surface area contributed by atoms with E-state index in [0.717, 1.165) is 38.5 Å². The monoisotopic (exact) mass is 774 g/mol. The molecule has 1 fully saturated rings. The molecule has 1 heterocycles. The molecule has 1 saturated heterocycles. The SMILES string of the molecule is CCCCCCCCCCCCCCCC[C@@H](O)C(=O)N[C@@H](CO[C@@H]1O[C@H](CO)[C@@H](O)[C@H](O)[C@H]1O)[C@H](O)C=CCCC[C@@](C)(O)CCCCCCCCC. The second kappa shape index (κ2) is 31.9. The number of unbranched alkanes of at least 4 members (excludes halogenated alkanes) is 20. The van der Waals surface area contributed by atoms with Crippen LogP contribution in [0, 0.1) is 0 Å². The summed E-state index contributed by atoms with van der Waals surface area (Å²) < 4.78 is 11.1. The van der Waals surface area contributed by atoms with E-state index >= 15 is 0 Å². The minimum Gasteiger partial charge on any atom is -0.394 e. The van der Waals surface area contributed by atoms with E-state index in [1.807, 2.05) is 6.92 Å². The molecular formula is C43H83NO10. The summed E-state index contributed by atoms with van der Waals surface area (Å²) in [4.78, 5) is 13.0. The lowest BCUT2D eigenvalue weighted by atomic mass is 9.92. The zero-order valence-electron chi connectivity index (χ0n) is 34.4. The van der Waals surface area contributed by atoms with Crippen LogP contribution in [0.3, 0.4) is 0 Å². The standard InChI is InChI=1S/C43H83NO10/c1-4-6-8-10-12-13-14-15-16-17-18-19-21-24-29-36(47)41(51)44-34(33-53-42-40(50)39(49)38(48)37(32-45)54-42)35(46)28-25-23-27-31-43(3,52)30-26-22-20-11-9-7-5-2/h25,28,34-40,42,45-50,52H,4-24,26-27,29-33H2,1-3H3,(H,44,51)/t34-,35+,36+,37+,38+,39-,40+,42+,43-/m0/s1. The van der Waals surface area contributed by atoms with E-state index in [2.05, 4.69) is 19.2 Å². The van der Waals surface area contributed by atoms with Crippen molar-refractivity contribution in [1.29, 1.82) is 0 Å². The molecule has 9 atom stereocenters. The highest BCUT2D eigenvalue weighted by Crippen LogP contribution is 2.24. The molecular weight excluding hydrogens is 690 g/mol. The van der Waals surface area contributed by atoms with Crippen LogP contribution in [-0.4, -0.2) is 109 Å². The number of hydrogen-bond donors (Lipinski definition) is 8. The number of nitrogens with one attached hydrogen (secondary N) is 1. The molecule has 1 aliphatic heterocycles. The quantitative estimate of drug-likeness (QED) is 0.0261. The fourth-order valence-corrected chi connectivity index (χ4v) is 7.13. The average Bonchev–Trinajstić information content (AvgIpc) is 3.15. The fourth-order valence-electron chi connectivity index (χ4n) is 7.13. The molecule has 8 N–H and O–H groups in total. The maximum absolute atomic E-state index is 13.0. The smallest absolute Gasteiger partial charge is 0.249 e. The first-order chi connectivity index (χ1) is 26.0. The molecule has 0 aliphatic carbocycles. The van der Waals surface area contributed by atoms with Crippen LogP contribution in [0.4, 0.5) is 0 Å². The summed E-state index contributed by atoms with van der Waals surface area (Å²) in [5.41, 5.74) is -0.755. The van der Waals surface area contributed by atoms with Gasteiger partial charge in [-0.15, -0.1) is 0 Å². The third-order valence-corrected chi connectivity index (χ3v) is 10.9. The van der Waals surface area contributed by atoms with Crippen molar-refractivity contribution in [3.63, 3.8) is 0 Å². The third-order valence-electron chi connectivity index (χ3n) is 10.9. The number of carbonyl (C=O) groups excluding carboxylic acids is 1. The fraction of sp³-hybridized carbons (Fsp3) is 0.930. The van der Waals surface area contributed by atoms with Gasteiger partial charge < -0.3 is 50.5 Å². The lowest BCUT2D eigenvalue weighted by Crippen LogP contribution is -2.60. The summed E-state index contributed by atoms with van der Waals surface area (Å²) in [7, 11) is 0. The van der Waals surface area contributed by atoms with E-state index in [-0.39, 0.29) is 13.0 Å². The van der Waals surface area contributed by atoms with Crippen LogP contribution in [0.15, 0.2) is 12.2 Å². The number of amides is 1. The molecule has 320 valence electrons. The Hall–Kier alpha value is -1.15. The molecule has 0 unspecified atom stereocenters. The Kier molecular flexibility index (Phi) is 30.0. The number of hydrogen-bond acceptors (Lipinski definition) is 10. The Morgan fingerprint density at radius 3 is 1.72 bits per heavy atom. The minimum atomic E-state index is -1.63. The van der Waals surface area contributed by atoms with Crippen molar-refractivity contribution in [3.8, 4) is 0 Å². The van der Waals surface area contributed by atoms with E-state index in [1.54, 1.807) is 6.08 Å². The highest BCUT2D eigenvalue weighted by Gasteiger charge is 2.44. The van der Waals surface area contributed by atoms with Crippen molar-refractivity contribution < 1.29 is 50.0 Å². The second-order valence-electron chi connectivity index (χ2n) is 16.2. The van der Waals surface area contributed by atoms with Crippen molar-refractivity contribution in [3.05, 3.63) is 12.2 Å². The maximum atomic E-state index is 13.0. The molecule has 0 radical (unpaired) electrons. The number of aliphatic hydroxyl groups is 7. The first kappa shape index (κ1) is 50.9. The lowest BCUT2D eigenvalue weighted by molar-refractivity contribution is -0.302. The summed E-state index contributed by atoms with van der Waals surface area (Å²) in [5.74, 6) is -0.652. The van der Waals surface area contributed by atoms with Crippen LogP contribution in [-0.2, 0) is 14.3 Å². The van der Waals surface area contributed by atoms with Crippen molar-refractivity contribution >= 4 is 5.91 Å². The summed E-state index contributed by atoms with van der Waals surface area (Å²) in [6, 6.07) is -1.03. The zero-order valence-corrected chi connectivity index (χ0v) is 34.4. The summed E-state index contributed by atoms with van der Waals surface area (Å²) in [6.07, 6.45) is 21.6. The van der Waals surface area contributed by atoms with Gasteiger partial charge >= 0.3 is 0 Å². The van der Waals surface area contributed by atoms with Gasteiger partial charge in [0.2, 0.25) is 5.91 Å². The predicted octanol–water partition coefficient (Wildman–Crippen LogP) is 6.50. The Labute approximate surface area is 328 Å². The Balaban J connectivity index is 2.55. The summed E-state index contributed by atoms with van der Waals surface area (Å²) in [5, 5.41) is 75.4. The van der Waals surface area contributed by atoms with Crippen LogP contribution < -0.4 is 5.32 Å². The van der Waals surface area contributed by atoms with Gasteiger partial charge in [0.1, 0.15) is 30.5 Å². The van der Waals surface area contributed by atoms with E-state index in [4.69, 9.17) is 9.47 Å². The summed E-state index contributed by atoms with van der Waals surface area (Å²) in [6.45, 7) is 5.36. The van der Waals surface area contributed by atoms with E-state index in [1.165, 1.54) is 102 Å². The van der Waals surface area contributed by atoms with Gasteiger partial charge in [-0.2, -0.15) is 0 Å². The van der Waals surface area contributed by atoms with Crippen LogP contribution in [0.25, 0.3) is 0 Å². The molecule has 0 aromatic carbocycles. The van der Waals surface area contributed by atoms with Crippen molar-refractivity contribution in [2.24, 2.45) is 0 Å². The maximum Gasteiger partial charge on any atom is 0.249 e. The van der Waals surface area contributed by atoms with Crippen LogP contribution >= 0.6 is 0 Å². The molecule has 54 heavy (non-hydrogen) atoms. The topological polar surface area (TPSA) is 189 Å². The molecule has 11 nitrogen and oxygen atoms in total. The van der Waals surface area contributed by atoms with E-state index in [9.17, 15) is 40.5 Å². The number of aliphatic hydroxyl groups excluding tert-OH is 6. The Morgan fingerprint density at radius 2 is 1.20 bits per heavy atom.